The van der Waals surface area contributed by atoms with Crippen LogP contribution in [0.5, 0.6) is 0 Å². The molecule has 1 aliphatic rings. The fourth-order valence-corrected chi connectivity index (χ4v) is 2.58. The van der Waals surface area contributed by atoms with E-state index < -0.39 is 0 Å². The van der Waals surface area contributed by atoms with Crippen molar-refractivity contribution in [3.05, 3.63) is 23.7 Å². The summed E-state index contributed by atoms with van der Waals surface area (Å²) in [4.78, 5) is 14.2. The van der Waals surface area contributed by atoms with Crippen LogP contribution >= 0.6 is 0 Å². The van der Waals surface area contributed by atoms with Gasteiger partial charge in [-0.1, -0.05) is 12.8 Å². The molecule has 0 unspecified atom stereocenters. The molecule has 1 saturated carbocycles. The van der Waals surface area contributed by atoms with Crippen molar-refractivity contribution in [2.75, 3.05) is 20.1 Å². The van der Waals surface area contributed by atoms with Gasteiger partial charge in [0.2, 0.25) is 0 Å². The minimum Gasteiger partial charge on any atom is -0.467 e. The first-order valence-electron chi connectivity index (χ1n) is 6.96. The molecule has 5 heteroatoms. The Morgan fingerprint density at radius 1 is 1.53 bits per heavy atom. The van der Waals surface area contributed by atoms with Gasteiger partial charge in [-0.2, -0.15) is 0 Å². The second kappa shape index (κ2) is 6.73. The molecule has 1 heterocycles. The zero-order valence-electron chi connectivity index (χ0n) is 11.5. The lowest BCUT2D eigenvalue weighted by molar-refractivity contribution is 0.0946. The molecule has 1 aromatic heterocycles. The molecule has 0 aliphatic heterocycles. The third kappa shape index (κ3) is 3.81. The van der Waals surface area contributed by atoms with Gasteiger partial charge in [0.25, 0.3) is 5.91 Å². The van der Waals surface area contributed by atoms with Crippen molar-refractivity contribution < 1.29 is 9.21 Å². The summed E-state index contributed by atoms with van der Waals surface area (Å²) >= 11 is 0. The van der Waals surface area contributed by atoms with Crippen LogP contribution in [0.3, 0.4) is 0 Å². The fraction of sp³-hybridized carbons (Fsp3) is 0.643. The summed E-state index contributed by atoms with van der Waals surface area (Å²) in [6.07, 6.45) is 6.69. The lowest BCUT2D eigenvalue weighted by Gasteiger charge is -2.23. The van der Waals surface area contributed by atoms with E-state index in [1.165, 1.54) is 31.9 Å². The van der Waals surface area contributed by atoms with Crippen molar-refractivity contribution in [1.82, 2.24) is 10.2 Å². The predicted molar refractivity (Wildman–Crippen MR) is 73.8 cm³/mol. The van der Waals surface area contributed by atoms with E-state index in [2.05, 4.69) is 17.3 Å². The molecule has 1 aliphatic carbocycles. The van der Waals surface area contributed by atoms with Crippen molar-refractivity contribution in [1.29, 1.82) is 0 Å². The Hall–Kier alpha value is -1.33. The largest absolute Gasteiger partial charge is 0.467 e. The van der Waals surface area contributed by atoms with Crippen LogP contribution in [0.1, 0.15) is 41.8 Å². The predicted octanol–water partition coefficient (Wildman–Crippen LogP) is 1.34. The van der Waals surface area contributed by atoms with E-state index in [9.17, 15) is 4.79 Å². The van der Waals surface area contributed by atoms with Crippen LogP contribution in [0.15, 0.2) is 16.7 Å². The second-order valence-electron chi connectivity index (χ2n) is 5.18. The molecule has 0 atom stereocenters. The van der Waals surface area contributed by atoms with Crippen LogP contribution in [-0.4, -0.2) is 37.0 Å². The van der Waals surface area contributed by atoms with Gasteiger partial charge >= 0.3 is 0 Å². The van der Waals surface area contributed by atoms with Gasteiger partial charge in [-0.3, -0.25) is 4.79 Å². The summed E-state index contributed by atoms with van der Waals surface area (Å²) in [6.45, 7) is 1.87. The first-order valence-corrected chi connectivity index (χ1v) is 6.96. The van der Waals surface area contributed by atoms with Crippen molar-refractivity contribution >= 4 is 5.91 Å². The quantitative estimate of drug-likeness (QED) is 0.814. The molecule has 0 saturated heterocycles. The third-order valence-electron chi connectivity index (χ3n) is 3.82. The topological polar surface area (TPSA) is 71.5 Å². The van der Waals surface area contributed by atoms with Gasteiger partial charge in [0, 0.05) is 19.1 Å². The first-order chi connectivity index (χ1) is 9.20. The van der Waals surface area contributed by atoms with Gasteiger partial charge in [0.1, 0.15) is 12.0 Å². The van der Waals surface area contributed by atoms with Crippen LogP contribution in [0.2, 0.25) is 0 Å². The van der Waals surface area contributed by atoms with Gasteiger partial charge in [0.05, 0.1) is 12.1 Å². The average Bonchev–Trinajstić information content (AvgIpc) is 3.09. The maximum Gasteiger partial charge on any atom is 0.254 e. The highest BCUT2D eigenvalue weighted by atomic mass is 16.3. The Morgan fingerprint density at radius 3 is 2.89 bits per heavy atom. The number of carbonyl (C=O) groups is 1. The molecular formula is C14H23N3O2. The van der Waals surface area contributed by atoms with Crippen molar-refractivity contribution in [3.63, 3.8) is 0 Å². The minimum atomic E-state index is -0.0942. The summed E-state index contributed by atoms with van der Waals surface area (Å²) in [7, 11) is 2.13. The Labute approximate surface area is 114 Å². The number of hydrogen-bond donors (Lipinski definition) is 2. The average molecular weight is 265 g/mol. The van der Waals surface area contributed by atoms with Gasteiger partial charge < -0.3 is 20.4 Å². The molecular weight excluding hydrogens is 242 g/mol. The van der Waals surface area contributed by atoms with Crippen LogP contribution in [0.25, 0.3) is 0 Å². The van der Waals surface area contributed by atoms with E-state index in [4.69, 9.17) is 10.2 Å². The summed E-state index contributed by atoms with van der Waals surface area (Å²) < 4.78 is 5.15. The van der Waals surface area contributed by atoms with E-state index >= 15 is 0 Å². The van der Waals surface area contributed by atoms with Crippen molar-refractivity contribution in [2.45, 2.75) is 38.3 Å². The third-order valence-corrected chi connectivity index (χ3v) is 3.82. The van der Waals surface area contributed by atoms with Gasteiger partial charge in [0.15, 0.2) is 0 Å². The highest BCUT2D eigenvalue weighted by molar-refractivity contribution is 5.93. The normalized spacial score (nSPS) is 16.2. The van der Waals surface area contributed by atoms with Gasteiger partial charge in [-0.15, -0.1) is 0 Å². The highest BCUT2D eigenvalue weighted by Crippen LogP contribution is 2.21. The number of nitrogens with two attached hydrogens (primary N) is 1. The van der Waals surface area contributed by atoms with Crippen molar-refractivity contribution in [2.24, 2.45) is 5.73 Å². The molecule has 1 fully saturated rings. The number of rotatable bonds is 6. The molecule has 19 heavy (non-hydrogen) atoms. The maximum atomic E-state index is 11.8. The number of nitrogens with one attached hydrogen (secondary N) is 1. The standard InChI is InChI=1S/C14H23N3O2/c1-17(12-4-2-3-5-12)7-6-16-14(18)11-8-13(9-15)19-10-11/h8,10,12H,2-7,9,15H2,1H3,(H,16,18). The summed E-state index contributed by atoms with van der Waals surface area (Å²) in [5.74, 6) is 0.538. The minimum absolute atomic E-state index is 0.0942. The zero-order valence-corrected chi connectivity index (χ0v) is 11.5. The molecule has 5 nitrogen and oxygen atoms in total. The molecule has 0 bridgehead atoms. The van der Waals surface area contributed by atoms with Crippen LogP contribution in [0, 0.1) is 0 Å². The van der Waals surface area contributed by atoms with Crippen LogP contribution < -0.4 is 11.1 Å². The smallest absolute Gasteiger partial charge is 0.254 e. The van der Waals surface area contributed by atoms with Crippen molar-refractivity contribution in [3.8, 4) is 0 Å². The lowest BCUT2D eigenvalue weighted by atomic mass is 10.2. The maximum absolute atomic E-state index is 11.8. The molecule has 0 radical (unpaired) electrons. The number of carbonyl (C=O) groups excluding carboxylic acids is 1. The van der Waals surface area contributed by atoms with Gasteiger partial charge in [-0.05, 0) is 26.0 Å². The van der Waals surface area contributed by atoms with E-state index in [1.54, 1.807) is 6.07 Å². The SMILES string of the molecule is CN(CCNC(=O)c1coc(CN)c1)C1CCCC1. The second-order valence-corrected chi connectivity index (χ2v) is 5.18. The molecule has 1 aromatic rings. The molecule has 3 N–H and O–H groups in total. The Bertz CT molecular complexity index is 411. The summed E-state index contributed by atoms with van der Waals surface area (Å²) in [5, 5.41) is 2.91. The van der Waals surface area contributed by atoms with E-state index in [-0.39, 0.29) is 5.91 Å². The number of amides is 1. The molecule has 0 spiro atoms. The van der Waals surface area contributed by atoms with Gasteiger partial charge in [-0.25, -0.2) is 0 Å². The van der Waals surface area contributed by atoms with Crippen LogP contribution in [-0.2, 0) is 6.54 Å². The lowest BCUT2D eigenvalue weighted by Crippen LogP contribution is -2.37. The fourth-order valence-electron chi connectivity index (χ4n) is 2.58. The van der Waals surface area contributed by atoms with E-state index in [1.807, 2.05) is 0 Å². The number of nitrogens with zero attached hydrogens (tertiary/aromatic N) is 1. The monoisotopic (exact) mass is 265 g/mol. The van der Waals surface area contributed by atoms with Crippen LogP contribution in [0.4, 0.5) is 0 Å². The molecule has 1 amide bonds. The van der Waals surface area contributed by atoms with E-state index in [0.717, 1.165) is 6.54 Å². The number of furan rings is 1. The Morgan fingerprint density at radius 2 is 2.26 bits per heavy atom. The Kier molecular flexibility index (Phi) is 4.99. The molecule has 0 aromatic carbocycles. The Balaban J connectivity index is 1.71. The number of hydrogen-bond acceptors (Lipinski definition) is 4. The number of likely N-dealkylation sites (N-methyl/N-ethyl adjacent to an activating group) is 1. The van der Waals surface area contributed by atoms with E-state index in [0.29, 0.717) is 30.5 Å². The first kappa shape index (κ1) is 14.1. The molecule has 106 valence electrons. The zero-order chi connectivity index (χ0) is 13.7. The molecule has 2 rings (SSSR count). The summed E-state index contributed by atoms with van der Waals surface area (Å²) in [5.41, 5.74) is 5.99. The highest BCUT2D eigenvalue weighted by Gasteiger charge is 2.19. The summed E-state index contributed by atoms with van der Waals surface area (Å²) in [6, 6.07) is 2.38.